The van der Waals surface area contributed by atoms with Gasteiger partial charge in [0.2, 0.25) is 0 Å². The zero-order valence-electron chi connectivity index (χ0n) is 10.5. The molecular formula is C13H18BrClNO2+. The molecule has 2 rings (SSSR count). The first-order valence-electron chi connectivity index (χ1n) is 6.16. The molecule has 0 amide bonds. The van der Waals surface area contributed by atoms with E-state index in [9.17, 15) is 0 Å². The highest BCUT2D eigenvalue weighted by Gasteiger charge is 2.14. The third-order valence-electron chi connectivity index (χ3n) is 3.10. The Morgan fingerprint density at radius 2 is 2.11 bits per heavy atom. The van der Waals surface area contributed by atoms with E-state index in [0.717, 1.165) is 60.3 Å². The highest BCUT2D eigenvalue weighted by atomic mass is 79.9. The first-order valence-corrected chi connectivity index (χ1v) is 7.33. The third kappa shape index (κ3) is 3.85. The van der Waals surface area contributed by atoms with Crippen molar-refractivity contribution in [3.05, 3.63) is 27.2 Å². The van der Waals surface area contributed by atoms with Crippen molar-refractivity contribution in [2.75, 3.05) is 39.5 Å². The Hall–Kier alpha value is -0.290. The van der Waals surface area contributed by atoms with Gasteiger partial charge in [0.15, 0.2) is 0 Å². The van der Waals surface area contributed by atoms with Gasteiger partial charge in [0.25, 0.3) is 0 Å². The summed E-state index contributed by atoms with van der Waals surface area (Å²) in [5, 5.41) is 0.727. The second-order valence-corrected chi connectivity index (χ2v) is 5.79. The number of quaternary nitrogens is 1. The molecule has 0 aliphatic carbocycles. The molecule has 18 heavy (non-hydrogen) atoms. The van der Waals surface area contributed by atoms with Gasteiger partial charge in [-0.15, -0.1) is 0 Å². The molecule has 1 aromatic rings. The van der Waals surface area contributed by atoms with E-state index in [1.807, 2.05) is 19.1 Å². The smallest absolute Gasteiger partial charge is 0.137 e. The van der Waals surface area contributed by atoms with Crippen LogP contribution in [0.4, 0.5) is 0 Å². The minimum absolute atomic E-state index is 0.719. The Morgan fingerprint density at radius 1 is 1.39 bits per heavy atom. The van der Waals surface area contributed by atoms with Gasteiger partial charge in [-0.05, 0) is 40.5 Å². The van der Waals surface area contributed by atoms with Crippen molar-refractivity contribution in [2.45, 2.75) is 6.92 Å². The van der Waals surface area contributed by atoms with Crippen LogP contribution in [-0.2, 0) is 4.74 Å². The van der Waals surface area contributed by atoms with Crippen molar-refractivity contribution < 1.29 is 14.4 Å². The van der Waals surface area contributed by atoms with Crippen LogP contribution in [0.2, 0.25) is 5.02 Å². The molecule has 0 saturated carbocycles. The van der Waals surface area contributed by atoms with E-state index in [4.69, 9.17) is 21.1 Å². The van der Waals surface area contributed by atoms with E-state index in [-0.39, 0.29) is 0 Å². The molecule has 1 N–H and O–H groups in total. The maximum Gasteiger partial charge on any atom is 0.137 e. The average Bonchev–Trinajstić information content (AvgIpc) is 2.34. The van der Waals surface area contributed by atoms with Gasteiger partial charge < -0.3 is 14.4 Å². The maximum absolute atomic E-state index is 5.97. The quantitative estimate of drug-likeness (QED) is 0.905. The number of hydrogen-bond donors (Lipinski definition) is 1. The van der Waals surface area contributed by atoms with Crippen LogP contribution in [0.25, 0.3) is 0 Å². The van der Waals surface area contributed by atoms with Gasteiger partial charge in [0, 0.05) is 5.02 Å². The minimum Gasteiger partial charge on any atom is -0.486 e. The molecule has 0 bridgehead atoms. The first kappa shape index (κ1) is 14.1. The fraction of sp³-hybridized carbons (Fsp3) is 0.538. The SMILES string of the molecule is Cc1cc(Cl)cc(Br)c1OCC[NH+]1CCOCC1. The van der Waals surface area contributed by atoms with E-state index in [0.29, 0.717) is 0 Å². The van der Waals surface area contributed by atoms with Gasteiger partial charge in [-0.1, -0.05) is 11.6 Å². The first-order chi connectivity index (χ1) is 8.66. The lowest BCUT2D eigenvalue weighted by Crippen LogP contribution is -3.14. The molecule has 1 fully saturated rings. The highest BCUT2D eigenvalue weighted by Crippen LogP contribution is 2.31. The van der Waals surface area contributed by atoms with Crippen molar-refractivity contribution in [3.63, 3.8) is 0 Å². The molecular weight excluding hydrogens is 318 g/mol. The summed E-state index contributed by atoms with van der Waals surface area (Å²) in [7, 11) is 0. The van der Waals surface area contributed by atoms with Gasteiger partial charge in [-0.3, -0.25) is 0 Å². The summed E-state index contributed by atoms with van der Waals surface area (Å²) in [6.07, 6.45) is 0. The fourth-order valence-electron chi connectivity index (χ4n) is 2.08. The number of nitrogens with one attached hydrogen (secondary N) is 1. The van der Waals surface area contributed by atoms with Crippen molar-refractivity contribution in [3.8, 4) is 5.75 Å². The van der Waals surface area contributed by atoms with Crippen LogP contribution in [0, 0.1) is 6.92 Å². The molecule has 1 saturated heterocycles. The van der Waals surface area contributed by atoms with Crippen LogP contribution in [0.15, 0.2) is 16.6 Å². The molecule has 1 heterocycles. The average molecular weight is 336 g/mol. The summed E-state index contributed by atoms with van der Waals surface area (Å²) in [5.41, 5.74) is 1.06. The normalized spacial score (nSPS) is 16.8. The number of hydrogen-bond acceptors (Lipinski definition) is 2. The largest absolute Gasteiger partial charge is 0.486 e. The van der Waals surface area contributed by atoms with E-state index in [1.165, 1.54) is 0 Å². The Labute approximate surface area is 121 Å². The molecule has 0 unspecified atom stereocenters. The number of rotatable bonds is 4. The van der Waals surface area contributed by atoms with Crippen LogP contribution in [0.3, 0.4) is 0 Å². The van der Waals surface area contributed by atoms with Crippen LogP contribution in [-0.4, -0.2) is 39.5 Å². The van der Waals surface area contributed by atoms with E-state index in [2.05, 4.69) is 15.9 Å². The summed E-state index contributed by atoms with van der Waals surface area (Å²) in [5.74, 6) is 0.895. The van der Waals surface area contributed by atoms with Gasteiger partial charge in [-0.25, -0.2) is 0 Å². The second kappa shape index (κ2) is 6.75. The maximum atomic E-state index is 5.97. The summed E-state index contributed by atoms with van der Waals surface area (Å²) in [6.45, 7) is 7.61. The Balaban J connectivity index is 1.86. The summed E-state index contributed by atoms with van der Waals surface area (Å²) in [6, 6.07) is 3.79. The molecule has 0 atom stereocenters. The van der Waals surface area contributed by atoms with Crippen LogP contribution >= 0.6 is 27.5 Å². The summed E-state index contributed by atoms with van der Waals surface area (Å²) < 4.78 is 12.1. The summed E-state index contributed by atoms with van der Waals surface area (Å²) >= 11 is 9.46. The lowest BCUT2D eigenvalue weighted by atomic mass is 10.2. The van der Waals surface area contributed by atoms with E-state index < -0.39 is 0 Å². The van der Waals surface area contributed by atoms with Crippen molar-refractivity contribution in [1.29, 1.82) is 0 Å². The topological polar surface area (TPSA) is 22.9 Å². The Morgan fingerprint density at radius 3 is 2.78 bits per heavy atom. The standard InChI is InChI=1S/C13H17BrClNO2/c1-10-8-11(15)9-12(14)13(10)18-7-4-16-2-5-17-6-3-16/h8-9H,2-7H2,1H3/p+1. The predicted octanol–water partition coefficient (Wildman–Crippen LogP) is 1.70. The van der Waals surface area contributed by atoms with Crippen molar-refractivity contribution in [1.82, 2.24) is 0 Å². The van der Waals surface area contributed by atoms with Gasteiger partial charge in [0.1, 0.15) is 32.0 Å². The number of aryl methyl sites for hydroxylation is 1. The summed E-state index contributed by atoms with van der Waals surface area (Å²) in [4.78, 5) is 1.55. The van der Waals surface area contributed by atoms with Crippen LogP contribution in [0.5, 0.6) is 5.75 Å². The lowest BCUT2D eigenvalue weighted by molar-refractivity contribution is -0.908. The molecule has 0 spiro atoms. The predicted molar refractivity (Wildman–Crippen MR) is 75.8 cm³/mol. The van der Waals surface area contributed by atoms with Gasteiger partial charge in [0.05, 0.1) is 17.7 Å². The number of halogens is 2. The fourth-order valence-corrected chi connectivity index (χ4v) is 3.16. The minimum atomic E-state index is 0.719. The second-order valence-electron chi connectivity index (χ2n) is 4.49. The zero-order valence-corrected chi connectivity index (χ0v) is 12.8. The lowest BCUT2D eigenvalue weighted by Gasteiger charge is -2.23. The van der Waals surface area contributed by atoms with Crippen molar-refractivity contribution >= 4 is 27.5 Å². The monoisotopic (exact) mass is 334 g/mol. The van der Waals surface area contributed by atoms with Crippen molar-refractivity contribution in [2.24, 2.45) is 0 Å². The molecule has 5 heteroatoms. The van der Waals surface area contributed by atoms with E-state index >= 15 is 0 Å². The molecule has 1 aliphatic heterocycles. The third-order valence-corrected chi connectivity index (χ3v) is 3.90. The Bertz CT molecular complexity index is 385. The van der Waals surface area contributed by atoms with Crippen LogP contribution < -0.4 is 9.64 Å². The highest BCUT2D eigenvalue weighted by molar-refractivity contribution is 9.10. The molecule has 1 aliphatic rings. The number of ether oxygens (including phenoxy) is 2. The molecule has 0 radical (unpaired) electrons. The number of morpholine rings is 1. The van der Waals surface area contributed by atoms with Gasteiger partial charge >= 0.3 is 0 Å². The van der Waals surface area contributed by atoms with E-state index in [1.54, 1.807) is 4.90 Å². The van der Waals surface area contributed by atoms with Gasteiger partial charge in [-0.2, -0.15) is 0 Å². The molecule has 100 valence electrons. The molecule has 1 aromatic carbocycles. The molecule has 0 aromatic heterocycles. The zero-order chi connectivity index (χ0) is 13.0. The van der Waals surface area contributed by atoms with Crippen LogP contribution in [0.1, 0.15) is 5.56 Å². The Kier molecular flexibility index (Phi) is 5.30. The number of benzene rings is 1. The molecule has 3 nitrogen and oxygen atoms in total.